The van der Waals surface area contributed by atoms with Crippen molar-refractivity contribution in [1.29, 1.82) is 0 Å². The summed E-state index contributed by atoms with van der Waals surface area (Å²) in [5, 5.41) is 22.1. The lowest BCUT2D eigenvalue weighted by Gasteiger charge is -2.15. The number of hydrogen-bond acceptors (Lipinski definition) is 7. The van der Waals surface area contributed by atoms with Crippen molar-refractivity contribution in [3.8, 4) is 5.75 Å². The number of carbonyl (C=O) groups is 1. The lowest BCUT2D eigenvalue weighted by atomic mass is 10.2. The van der Waals surface area contributed by atoms with E-state index in [1.54, 1.807) is 0 Å². The van der Waals surface area contributed by atoms with Gasteiger partial charge in [-0.2, -0.15) is 0 Å². The molecule has 112 valence electrons. The van der Waals surface area contributed by atoms with Gasteiger partial charge in [0.1, 0.15) is 16.8 Å². The minimum absolute atomic E-state index is 0.111. The molecule has 1 aromatic carbocycles. The molecule has 1 aliphatic heterocycles. The van der Waals surface area contributed by atoms with E-state index in [0.29, 0.717) is 10.8 Å². The fourth-order valence-corrected chi connectivity index (χ4v) is 2.81. The van der Waals surface area contributed by atoms with Crippen molar-refractivity contribution in [2.75, 3.05) is 19.9 Å². The minimum Gasteiger partial charge on any atom is -0.507 e. The number of hydroxylamine groups is 2. The number of carbonyl (C=O) groups excluding carboxylic acids is 1. The van der Waals surface area contributed by atoms with Crippen molar-refractivity contribution in [3.63, 3.8) is 0 Å². The van der Waals surface area contributed by atoms with Crippen LogP contribution in [0.4, 0.5) is 5.69 Å². The van der Waals surface area contributed by atoms with Crippen molar-refractivity contribution in [1.82, 2.24) is 5.06 Å². The number of nitro groups is 1. The number of amides is 1. The van der Waals surface area contributed by atoms with Crippen molar-refractivity contribution >= 4 is 28.4 Å². The first-order valence-electron chi connectivity index (χ1n) is 5.94. The van der Waals surface area contributed by atoms with E-state index in [2.05, 4.69) is 4.99 Å². The number of non-ortho nitro benzene ring substituents is 1. The summed E-state index contributed by atoms with van der Waals surface area (Å²) in [5.74, 6) is -0.0331. The molecular weight excluding hydrogens is 298 g/mol. The zero-order valence-corrected chi connectivity index (χ0v) is 12.2. The molecule has 0 aliphatic carbocycles. The SMILES string of the molecule is CON(C)C(=O)C1CSC(c2cc([N+](=O)[O-])ccc2O)=N1. The number of nitrogens with zero attached hydrogens (tertiary/aromatic N) is 3. The molecule has 0 bridgehead atoms. The van der Waals surface area contributed by atoms with Crippen LogP contribution in [0.2, 0.25) is 0 Å². The highest BCUT2D eigenvalue weighted by Gasteiger charge is 2.29. The Morgan fingerprint density at radius 3 is 2.95 bits per heavy atom. The van der Waals surface area contributed by atoms with Crippen LogP contribution in [-0.4, -0.2) is 52.0 Å². The third-order valence-electron chi connectivity index (χ3n) is 2.94. The topological polar surface area (TPSA) is 105 Å². The summed E-state index contributed by atoms with van der Waals surface area (Å²) in [7, 11) is 2.85. The third-order valence-corrected chi connectivity index (χ3v) is 4.02. The Bertz CT molecular complexity index is 619. The van der Waals surface area contributed by atoms with Crippen molar-refractivity contribution in [2.24, 2.45) is 4.99 Å². The Balaban J connectivity index is 2.29. The highest BCUT2D eigenvalue weighted by atomic mass is 32.2. The minimum atomic E-state index is -0.631. The van der Waals surface area contributed by atoms with E-state index in [1.807, 2.05) is 0 Å². The predicted octanol–water partition coefficient (Wildman–Crippen LogP) is 1.18. The summed E-state index contributed by atoms with van der Waals surface area (Å²) in [6, 6.07) is 3.06. The molecule has 1 heterocycles. The van der Waals surface area contributed by atoms with Gasteiger partial charge in [0, 0.05) is 24.9 Å². The predicted molar refractivity (Wildman–Crippen MR) is 77.3 cm³/mol. The smallest absolute Gasteiger partial charge is 0.271 e. The van der Waals surface area contributed by atoms with Gasteiger partial charge in [0.2, 0.25) is 0 Å². The van der Waals surface area contributed by atoms with Crippen molar-refractivity contribution in [3.05, 3.63) is 33.9 Å². The van der Waals surface area contributed by atoms with Crippen LogP contribution in [0.3, 0.4) is 0 Å². The Hall–Kier alpha value is -2.13. The lowest BCUT2D eigenvalue weighted by molar-refractivity contribution is -0.384. The number of hydrogen-bond donors (Lipinski definition) is 1. The second kappa shape index (κ2) is 6.10. The Kier molecular flexibility index (Phi) is 4.43. The van der Waals surface area contributed by atoms with Gasteiger partial charge in [-0.1, -0.05) is 0 Å². The standard InChI is InChI=1S/C12H13N3O5S/c1-14(20-2)12(17)9-6-21-11(13-9)8-5-7(15(18)19)3-4-10(8)16/h3-5,9,16H,6H2,1-2H3. The Labute approximate surface area is 124 Å². The summed E-state index contributed by atoms with van der Waals surface area (Å²) in [4.78, 5) is 31.2. The van der Waals surface area contributed by atoms with Crippen LogP contribution < -0.4 is 0 Å². The van der Waals surface area contributed by atoms with Crippen molar-refractivity contribution in [2.45, 2.75) is 6.04 Å². The molecule has 8 nitrogen and oxygen atoms in total. The molecular formula is C12H13N3O5S. The first kappa shape index (κ1) is 15.3. The molecule has 2 rings (SSSR count). The van der Waals surface area contributed by atoms with Gasteiger partial charge in [-0.15, -0.1) is 11.8 Å². The van der Waals surface area contributed by atoms with Crippen LogP contribution in [0, 0.1) is 10.1 Å². The van der Waals surface area contributed by atoms with Gasteiger partial charge in [0.15, 0.2) is 0 Å². The largest absolute Gasteiger partial charge is 0.507 e. The maximum absolute atomic E-state index is 11.9. The fourth-order valence-electron chi connectivity index (χ4n) is 1.76. The van der Waals surface area contributed by atoms with E-state index in [4.69, 9.17) is 4.84 Å². The molecule has 1 unspecified atom stereocenters. The molecule has 1 aliphatic rings. The van der Waals surface area contributed by atoms with E-state index in [0.717, 1.165) is 5.06 Å². The molecule has 0 radical (unpaired) electrons. The molecule has 0 saturated carbocycles. The van der Waals surface area contributed by atoms with Gasteiger partial charge < -0.3 is 5.11 Å². The molecule has 1 atom stereocenters. The van der Waals surface area contributed by atoms with E-state index >= 15 is 0 Å². The number of benzene rings is 1. The summed E-state index contributed by atoms with van der Waals surface area (Å²) < 4.78 is 0. The molecule has 0 fully saturated rings. The molecule has 1 aromatic rings. The second-order valence-electron chi connectivity index (χ2n) is 4.24. The maximum Gasteiger partial charge on any atom is 0.271 e. The second-order valence-corrected chi connectivity index (χ2v) is 5.25. The van der Waals surface area contributed by atoms with Crippen LogP contribution in [0.15, 0.2) is 23.2 Å². The summed E-state index contributed by atoms with van der Waals surface area (Å²) >= 11 is 1.26. The Morgan fingerprint density at radius 1 is 1.62 bits per heavy atom. The monoisotopic (exact) mass is 311 g/mol. The highest BCUT2D eigenvalue weighted by Crippen LogP contribution is 2.31. The van der Waals surface area contributed by atoms with Gasteiger partial charge in [0.25, 0.3) is 11.6 Å². The number of thioether (sulfide) groups is 1. The Morgan fingerprint density at radius 2 is 2.33 bits per heavy atom. The van der Waals surface area contributed by atoms with Gasteiger partial charge in [0.05, 0.1) is 17.6 Å². The van der Waals surface area contributed by atoms with E-state index < -0.39 is 11.0 Å². The number of aromatic hydroxyl groups is 1. The first-order valence-corrected chi connectivity index (χ1v) is 6.92. The number of phenolic OH excluding ortho intramolecular Hbond substituents is 1. The summed E-state index contributed by atoms with van der Waals surface area (Å²) in [5.41, 5.74) is 0.111. The summed E-state index contributed by atoms with van der Waals surface area (Å²) in [6.45, 7) is 0. The van der Waals surface area contributed by atoms with Crippen LogP contribution in [0.5, 0.6) is 5.75 Å². The molecule has 0 spiro atoms. The third kappa shape index (κ3) is 3.14. The normalized spacial score (nSPS) is 17.4. The average Bonchev–Trinajstić information content (AvgIpc) is 2.95. The molecule has 0 aromatic heterocycles. The van der Waals surface area contributed by atoms with Crippen molar-refractivity contribution < 1.29 is 19.7 Å². The number of aliphatic imine (C=N–C) groups is 1. The average molecular weight is 311 g/mol. The van der Waals surface area contributed by atoms with Crippen LogP contribution in [0.25, 0.3) is 0 Å². The first-order chi connectivity index (χ1) is 9.93. The number of phenols is 1. The van der Waals surface area contributed by atoms with Crippen LogP contribution in [0.1, 0.15) is 5.56 Å². The molecule has 0 saturated heterocycles. The molecule has 1 N–H and O–H groups in total. The molecule has 9 heteroatoms. The van der Waals surface area contributed by atoms with Crippen LogP contribution >= 0.6 is 11.8 Å². The van der Waals surface area contributed by atoms with Crippen LogP contribution in [-0.2, 0) is 9.63 Å². The van der Waals surface area contributed by atoms with Gasteiger partial charge in [-0.05, 0) is 6.07 Å². The number of nitro benzene ring substituents is 1. The maximum atomic E-state index is 11.9. The van der Waals surface area contributed by atoms with Gasteiger partial charge in [-0.3, -0.25) is 24.7 Å². The zero-order valence-electron chi connectivity index (χ0n) is 11.3. The molecule has 21 heavy (non-hydrogen) atoms. The zero-order chi connectivity index (χ0) is 15.6. The molecule has 1 amide bonds. The number of likely N-dealkylation sites (N-methyl/N-ethyl adjacent to an activating group) is 1. The van der Waals surface area contributed by atoms with E-state index in [1.165, 1.54) is 44.1 Å². The number of rotatable bonds is 4. The quantitative estimate of drug-likeness (QED) is 0.661. The van der Waals surface area contributed by atoms with E-state index in [9.17, 15) is 20.0 Å². The summed E-state index contributed by atoms with van der Waals surface area (Å²) in [6.07, 6.45) is 0. The van der Waals surface area contributed by atoms with Gasteiger partial charge >= 0.3 is 0 Å². The fraction of sp³-hybridized carbons (Fsp3) is 0.333. The lowest BCUT2D eigenvalue weighted by Crippen LogP contribution is -2.34. The van der Waals surface area contributed by atoms with E-state index in [-0.39, 0.29) is 22.9 Å². The highest BCUT2D eigenvalue weighted by molar-refractivity contribution is 8.14. The van der Waals surface area contributed by atoms with Gasteiger partial charge in [-0.25, -0.2) is 5.06 Å².